The molecule has 0 unspecified atom stereocenters. The molecule has 0 bridgehead atoms. The van der Waals surface area contributed by atoms with Gasteiger partial charge in [0.2, 0.25) is 5.91 Å². The fourth-order valence-electron chi connectivity index (χ4n) is 2.06. The number of hydrogen-bond donors (Lipinski definition) is 2. The van der Waals surface area contributed by atoms with Crippen LogP contribution in [-0.2, 0) is 32.1 Å². The summed E-state index contributed by atoms with van der Waals surface area (Å²) in [4.78, 5) is 34.9. The summed E-state index contributed by atoms with van der Waals surface area (Å²) in [6.45, 7) is -0.275. The highest BCUT2D eigenvalue weighted by Gasteiger charge is 2.09. The second kappa shape index (κ2) is 9.87. The fraction of sp³-hybridized carbons (Fsp3) is 0.211. The number of nitrogens with one attached hydrogen (secondary N) is 2. The third-order valence-electron chi connectivity index (χ3n) is 3.33. The molecule has 2 aromatic rings. The molecule has 0 spiro atoms. The molecule has 2 amide bonds. The molecule has 25 heavy (non-hydrogen) atoms. The van der Waals surface area contributed by atoms with Crippen molar-refractivity contribution in [3.05, 3.63) is 71.8 Å². The smallest absolute Gasteiger partial charge is 0.325 e. The van der Waals surface area contributed by atoms with Gasteiger partial charge in [0.05, 0.1) is 6.42 Å². The highest BCUT2D eigenvalue weighted by Crippen LogP contribution is 1.99. The monoisotopic (exact) mass is 340 g/mol. The van der Waals surface area contributed by atoms with Crippen molar-refractivity contribution in [2.75, 3.05) is 13.2 Å². The quantitative estimate of drug-likeness (QED) is 0.708. The van der Waals surface area contributed by atoms with Gasteiger partial charge in [0.1, 0.15) is 6.54 Å². The summed E-state index contributed by atoms with van der Waals surface area (Å²) in [5.74, 6) is -1.33. The normalized spacial score (nSPS) is 9.92. The molecule has 0 saturated heterocycles. The summed E-state index contributed by atoms with van der Waals surface area (Å²) in [6, 6.07) is 18.6. The van der Waals surface area contributed by atoms with Crippen molar-refractivity contribution < 1.29 is 19.1 Å². The lowest BCUT2D eigenvalue weighted by molar-refractivity contribution is -0.148. The topological polar surface area (TPSA) is 84.5 Å². The lowest BCUT2D eigenvalue weighted by Crippen LogP contribution is -2.34. The molecular formula is C19H20N2O4. The van der Waals surface area contributed by atoms with E-state index in [-0.39, 0.29) is 25.5 Å². The molecule has 0 aliphatic heterocycles. The number of benzene rings is 2. The van der Waals surface area contributed by atoms with E-state index in [1.165, 1.54) is 0 Å². The van der Waals surface area contributed by atoms with Crippen molar-refractivity contribution in [2.45, 2.75) is 13.0 Å². The summed E-state index contributed by atoms with van der Waals surface area (Å²) in [6.07, 6.45) is 0.186. The summed E-state index contributed by atoms with van der Waals surface area (Å²) < 4.78 is 4.83. The standard InChI is InChI=1S/C19H20N2O4/c22-17(11-15-7-3-1-4-8-15)21-13-19(24)25-14-18(23)20-12-16-9-5-2-6-10-16/h1-10H,11-14H2,(H,20,23)(H,21,22). The Balaban J connectivity index is 1.60. The maximum absolute atomic E-state index is 11.7. The molecule has 0 aromatic heterocycles. The summed E-state index contributed by atoms with van der Waals surface area (Å²) >= 11 is 0. The van der Waals surface area contributed by atoms with Crippen LogP contribution in [-0.4, -0.2) is 30.9 Å². The van der Waals surface area contributed by atoms with Crippen LogP contribution in [0.15, 0.2) is 60.7 Å². The minimum Gasteiger partial charge on any atom is -0.454 e. The van der Waals surface area contributed by atoms with Gasteiger partial charge in [0.15, 0.2) is 6.61 Å². The van der Waals surface area contributed by atoms with E-state index in [0.29, 0.717) is 6.54 Å². The van der Waals surface area contributed by atoms with E-state index < -0.39 is 11.9 Å². The van der Waals surface area contributed by atoms with Crippen LogP contribution in [0.5, 0.6) is 0 Å². The Hall–Kier alpha value is -3.15. The van der Waals surface area contributed by atoms with Crippen molar-refractivity contribution in [1.82, 2.24) is 10.6 Å². The number of esters is 1. The van der Waals surface area contributed by atoms with Crippen LogP contribution in [0.2, 0.25) is 0 Å². The average Bonchev–Trinajstić information content (AvgIpc) is 2.64. The van der Waals surface area contributed by atoms with Gasteiger partial charge < -0.3 is 15.4 Å². The van der Waals surface area contributed by atoms with Crippen LogP contribution < -0.4 is 10.6 Å². The summed E-state index contributed by atoms with van der Waals surface area (Å²) in [5.41, 5.74) is 1.81. The molecule has 2 rings (SSSR count). The number of rotatable bonds is 8. The number of ether oxygens (including phenoxy) is 1. The van der Waals surface area contributed by atoms with Crippen LogP contribution in [0.1, 0.15) is 11.1 Å². The van der Waals surface area contributed by atoms with E-state index >= 15 is 0 Å². The molecule has 2 N–H and O–H groups in total. The van der Waals surface area contributed by atoms with E-state index in [9.17, 15) is 14.4 Å². The van der Waals surface area contributed by atoms with E-state index in [4.69, 9.17) is 4.74 Å². The van der Waals surface area contributed by atoms with E-state index in [1.54, 1.807) is 0 Å². The number of amides is 2. The zero-order valence-corrected chi connectivity index (χ0v) is 13.7. The predicted octanol–water partition coefficient (Wildman–Crippen LogP) is 1.20. The van der Waals surface area contributed by atoms with Gasteiger partial charge in [-0.2, -0.15) is 0 Å². The maximum Gasteiger partial charge on any atom is 0.325 e. The Morgan fingerprint density at radius 2 is 1.36 bits per heavy atom. The van der Waals surface area contributed by atoms with Gasteiger partial charge >= 0.3 is 5.97 Å². The van der Waals surface area contributed by atoms with Crippen molar-refractivity contribution in [2.24, 2.45) is 0 Å². The molecular weight excluding hydrogens is 320 g/mol. The fourth-order valence-corrected chi connectivity index (χ4v) is 2.06. The molecule has 130 valence electrons. The van der Waals surface area contributed by atoms with Crippen LogP contribution in [0, 0.1) is 0 Å². The first-order valence-corrected chi connectivity index (χ1v) is 7.90. The van der Waals surface area contributed by atoms with Crippen LogP contribution >= 0.6 is 0 Å². The predicted molar refractivity (Wildman–Crippen MR) is 92.4 cm³/mol. The first-order valence-electron chi connectivity index (χ1n) is 7.90. The van der Waals surface area contributed by atoms with Crippen LogP contribution in [0.25, 0.3) is 0 Å². The number of carbonyl (C=O) groups is 3. The van der Waals surface area contributed by atoms with E-state index in [1.807, 2.05) is 60.7 Å². The lowest BCUT2D eigenvalue weighted by Gasteiger charge is -2.08. The van der Waals surface area contributed by atoms with Gasteiger partial charge in [0.25, 0.3) is 5.91 Å². The average molecular weight is 340 g/mol. The van der Waals surface area contributed by atoms with Gasteiger partial charge in [-0.05, 0) is 11.1 Å². The Morgan fingerprint density at radius 3 is 2.00 bits per heavy atom. The second-order valence-electron chi connectivity index (χ2n) is 5.36. The highest BCUT2D eigenvalue weighted by molar-refractivity contribution is 5.85. The molecule has 6 heteroatoms. The molecule has 0 radical (unpaired) electrons. The number of carbonyl (C=O) groups excluding carboxylic acids is 3. The summed E-state index contributed by atoms with van der Waals surface area (Å²) in [5, 5.41) is 5.12. The molecule has 0 heterocycles. The second-order valence-corrected chi connectivity index (χ2v) is 5.36. The molecule has 0 saturated carbocycles. The van der Waals surface area contributed by atoms with Gasteiger partial charge in [0, 0.05) is 6.54 Å². The third kappa shape index (κ3) is 7.30. The Bertz CT molecular complexity index is 702. The van der Waals surface area contributed by atoms with Crippen molar-refractivity contribution >= 4 is 17.8 Å². The van der Waals surface area contributed by atoms with Crippen LogP contribution in [0.4, 0.5) is 0 Å². The van der Waals surface area contributed by atoms with Crippen molar-refractivity contribution in [1.29, 1.82) is 0 Å². The zero-order valence-electron chi connectivity index (χ0n) is 13.7. The van der Waals surface area contributed by atoms with E-state index in [2.05, 4.69) is 10.6 Å². The van der Waals surface area contributed by atoms with Gasteiger partial charge in [-0.3, -0.25) is 14.4 Å². The summed E-state index contributed by atoms with van der Waals surface area (Å²) in [7, 11) is 0. The van der Waals surface area contributed by atoms with Gasteiger partial charge in [-0.1, -0.05) is 60.7 Å². The minimum absolute atomic E-state index is 0.186. The van der Waals surface area contributed by atoms with E-state index in [0.717, 1.165) is 11.1 Å². The zero-order chi connectivity index (χ0) is 17.9. The molecule has 2 aromatic carbocycles. The largest absolute Gasteiger partial charge is 0.454 e. The Labute approximate surface area is 146 Å². The van der Waals surface area contributed by atoms with Crippen molar-refractivity contribution in [3.63, 3.8) is 0 Å². The third-order valence-corrected chi connectivity index (χ3v) is 3.33. The van der Waals surface area contributed by atoms with Crippen LogP contribution in [0.3, 0.4) is 0 Å². The number of hydrogen-bond acceptors (Lipinski definition) is 4. The maximum atomic E-state index is 11.7. The first kappa shape index (κ1) is 18.2. The van der Waals surface area contributed by atoms with Gasteiger partial charge in [-0.15, -0.1) is 0 Å². The molecule has 6 nitrogen and oxygen atoms in total. The molecule has 0 aliphatic rings. The van der Waals surface area contributed by atoms with Gasteiger partial charge in [-0.25, -0.2) is 0 Å². The van der Waals surface area contributed by atoms with Crippen molar-refractivity contribution in [3.8, 4) is 0 Å². The molecule has 0 fully saturated rings. The molecule has 0 atom stereocenters. The Morgan fingerprint density at radius 1 is 0.760 bits per heavy atom. The highest BCUT2D eigenvalue weighted by atomic mass is 16.5. The first-order chi connectivity index (χ1) is 12.1. The SMILES string of the molecule is O=C(COC(=O)CNC(=O)Cc1ccccc1)NCc1ccccc1. The lowest BCUT2D eigenvalue weighted by atomic mass is 10.1. The Kier molecular flexibility index (Phi) is 7.18. The minimum atomic E-state index is -0.656. The molecule has 0 aliphatic carbocycles.